The van der Waals surface area contributed by atoms with E-state index in [9.17, 15) is 9.59 Å². The SMILES string of the molecule is CNC(=O)c1cnc(Nc2cc(C)nc(C)n2)cc1NC(=O)c1ccncc1OC. The summed E-state index contributed by atoms with van der Waals surface area (Å²) in [5.74, 6) is 1.03. The minimum absolute atomic E-state index is 0.208. The average molecular weight is 407 g/mol. The first-order valence-electron chi connectivity index (χ1n) is 9.02. The van der Waals surface area contributed by atoms with E-state index in [1.165, 1.54) is 38.8 Å². The van der Waals surface area contributed by atoms with Crippen LogP contribution >= 0.6 is 0 Å². The summed E-state index contributed by atoms with van der Waals surface area (Å²) in [5, 5.41) is 8.35. The Balaban J connectivity index is 1.95. The van der Waals surface area contributed by atoms with Crippen LogP contribution in [0.25, 0.3) is 0 Å². The number of hydrogen-bond acceptors (Lipinski definition) is 8. The second-order valence-electron chi connectivity index (χ2n) is 6.29. The summed E-state index contributed by atoms with van der Waals surface area (Å²) in [6, 6.07) is 4.85. The third-order valence-corrected chi connectivity index (χ3v) is 4.10. The number of ether oxygens (including phenoxy) is 1. The van der Waals surface area contributed by atoms with Crippen molar-refractivity contribution in [2.45, 2.75) is 13.8 Å². The van der Waals surface area contributed by atoms with Crippen LogP contribution in [-0.4, -0.2) is 45.9 Å². The predicted molar refractivity (Wildman–Crippen MR) is 111 cm³/mol. The standard InChI is InChI=1S/C20H21N7O3/c1-11-7-18(25-12(2)24-11)27-17-8-15(14(9-23-17)19(28)21-3)26-20(29)13-5-6-22-10-16(13)30-4/h5-10H,1-4H3,(H,21,28)(H2,23,24,25,26,27,29). The Kier molecular flexibility index (Phi) is 6.16. The lowest BCUT2D eigenvalue weighted by molar-refractivity contribution is 0.0963. The fourth-order valence-electron chi connectivity index (χ4n) is 2.77. The summed E-state index contributed by atoms with van der Waals surface area (Å²) in [6.07, 6.45) is 4.30. The Hall–Kier alpha value is -4.08. The molecule has 0 unspecified atom stereocenters. The molecule has 0 radical (unpaired) electrons. The van der Waals surface area contributed by atoms with Crippen molar-refractivity contribution in [3.8, 4) is 5.75 Å². The van der Waals surface area contributed by atoms with Crippen LogP contribution in [0, 0.1) is 13.8 Å². The Morgan fingerprint density at radius 3 is 2.50 bits per heavy atom. The van der Waals surface area contributed by atoms with Gasteiger partial charge in [0.15, 0.2) is 0 Å². The van der Waals surface area contributed by atoms with Gasteiger partial charge in [0.1, 0.15) is 23.2 Å². The van der Waals surface area contributed by atoms with E-state index < -0.39 is 5.91 Å². The third kappa shape index (κ3) is 4.66. The summed E-state index contributed by atoms with van der Waals surface area (Å²) in [5.41, 5.74) is 1.56. The Bertz CT molecular complexity index is 1080. The van der Waals surface area contributed by atoms with E-state index in [1.54, 1.807) is 19.1 Å². The van der Waals surface area contributed by atoms with Crippen molar-refractivity contribution in [2.75, 3.05) is 24.8 Å². The van der Waals surface area contributed by atoms with Gasteiger partial charge in [0.2, 0.25) is 0 Å². The number of amides is 2. The lowest BCUT2D eigenvalue weighted by Crippen LogP contribution is -2.22. The van der Waals surface area contributed by atoms with E-state index in [-0.39, 0.29) is 22.7 Å². The number of hydrogen-bond donors (Lipinski definition) is 3. The summed E-state index contributed by atoms with van der Waals surface area (Å²) in [7, 11) is 2.95. The van der Waals surface area contributed by atoms with Crippen molar-refractivity contribution in [3.63, 3.8) is 0 Å². The molecule has 3 aromatic heterocycles. The van der Waals surface area contributed by atoms with Crippen molar-refractivity contribution in [1.29, 1.82) is 0 Å². The number of rotatable bonds is 6. The smallest absolute Gasteiger partial charge is 0.259 e. The fraction of sp³-hybridized carbons (Fsp3) is 0.200. The lowest BCUT2D eigenvalue weighted by atomic mass is 10.2. The van der Waals surface area contributed by atoms with Gasteiger partial charge in [-0.25, -0.2) is 15.0 Å². The predicted octanol–water partition coefficient (Wildman–Crippen LogP) is 2.25. The lowest BCUT2D eigenvalue weighted by Gasteiger charge is -2.14. The highest BCUT2D eigenvalue weighted by atomic mass is 16.5. The minimum atomic E-state index is -0.453. The van der Waals surface area contributed by atoms with E-state index in [0.717, 1.165) is 5.69 Å². The number of aryl methyl sites for hydroxylation is 2. The summed E-state index contributed by atoms with van der Waals surface area (Å²) in [6.45, 7) is 3.64. The van der Waals surface area contributed by atoms with Gasteiger partial charge in [-0.15, -0.1) is 0 Å². The molecule has 0 aliphatic carbocycles. The molecular formula is C20H21N7O3. The average Bonchev–Trinajstić information content (AvgIpc) is 2.72. The van der Waals surface area contributed by atoms with Gasteiger partial charge in [-0.3, -0.25) is 14.6 Å². The molecule has 3 aromatic rings. The number of carbonyl (C=O) groups is 2. The molecule has 0 spiro atoms. The number of nitrogens with zero attached hydrogens (tertiary/aromatic N) is 4. The number of nitrogens with one attached hydrogen (secondary N) is 3. The maximum atomic E-state index is 12.8. The molecule has 0 saturated heterocycles. The molecule has 0 aliphatic heterocycles. The highest BCUT2D eigenvalue weighted by Crippen LogP contribution is 2.24. The van der Waals surface area contributed by atoms with E-state index in [4.69, 9.17) is 4.74 Å². The molecule has 30 heavy (non-hydrogen) atoms. The second-order valence-corrected chi connectivity index (χ2v) is 6.29. The van der Waals surface area contributed by atoms with Crippen molar-refractivity contribution in [2.24, 2.45) is 0 Å². The molecule has 3 heterocycles. The van der Waals surface area contributed by atoms with Gasteiger partial charge in [-0.05, 0) is 19.9 Å². The molecule has 10 heteroatoms. The van der Waals surface area contributed by atoms with Crippen LogP contribution in [0.15, 0.2) is 36.8 Å². The zero-order valence-corrected chi connectivity index (χ0v) is 17.0. The van der Waals surface area contributed by atoms with Gasteiger partial charge >= 0.3 is 0 Å². The summed E-state index contributed by atoms with van der Waals surface area (Å²) in [4.78, 5) is 41.8. The maximum absolute atomic E-state index is 12.8. The van der Waals surface area contributed by atoms with Crippen LogP contribution in [-0.2, 0) is 0 Å². The second kappa shape index (κ2) is 8.95. The van der Waals surface area contributed by atoms with Gasteiger partial charge in [0.05, 0.1) is 30.1 Å². The minimum Gasteiger partial charge on any atom is -0.494 e. The first kappa shape index (κ1) is 20.6. The number of anilines is 3. The van der Waals surface area contributed by atoms with E-state index in [2.05, 4.69) is 35.9 Å². The third-order valence-electron chi connectivity index (χ3n) is 4.10. The van der Waals surface area contributed by atoms with Crippen LogP contribution < -0.4 is 20.7 Å². The van der Waals surface area contributed by atoms with E-state index in [0.29, 0.717) is 23.2 Å². The first-order valence-corrected chi connectivity index (χ1v) is 9.02. The Morgan fingerprint density at radius 1 is 1.00 bits per heavy atom. The van der Waals surface area contributed by atoms with Crippen LogP contribution in [0.5, 0.6) is 5.75 Å². The largest absolute Gasteiger partial charge is 0.494 e. The quantitative estimate of drug-likeness (QED) is 0.567. The van der Waals surface area contributed by atoms with Crippen molar-refractivity contribution < 1.29 is 14.3 Å². The van der Waals surface area contributed by atoms with Crippen molar-refractivity contribution in [1.82, 2.24) is 25.3 Å². The number of aromatic nitrogens is 4. The van der Waals surface area contributed by atoms with Crippen molar-refractivity contribution >= 4 is 29.1 Å². The highest BCUT2D eigenvalue weighted by molar-refractivity contribution is 6.10. The van der Waals surface area contributed by atoms with E-state index in [1.807, 2.05) is 6.92 Å². The van der Waals surface area contributed by atoms with Gasteiger partial charge < -0.3 is 20.7 Å². The number of methoxy groups -OCH3 is 1. The van der Waals surface area contributed by atoms with Crippen LogP contribution in [0.1, 0.15) is 32.2 Å². The molecule has 10 nitrogen and oxygen atoms in total. The maximum Gasteiger partial charge on any atom is 0.259 e. The van der Waals surface area contributed by atoms with E-state index >= 15 is 0 Å². The van der Waals surface area contributed by atoms with Gasteiger partial charge in [0, 0.05) is 37.3 Å². The monoisotopic (exact) mass is 407 g/mol. The van der Waals surface area contributed by atoms with Crippen molar-refractivity contribution in [3.05, 3.63) is 59.4 Å². The Morgan fingerprint density at radius 2 is 1.80 bits per heavy atom. The van der Waals surface area contributed by atoms with Gasteiger partial charge in [0.25, 0.3) is 11.8 Å². The number of pyridine rings is 2. The molecule has 154 valence electrons. The molecule has 0 atom stereocenters. The summed E-state index contributed by atoms with van der Waals surface area (Å²) < 4.78 is 5.19. The molecular weight excluding hydrogens is 386 g/mol. The zero-order valence-electron chi connectivity index (χ0n) is 17.0. The molecule has 0 bridgehead atoms. The number of carbonyl (C=O) groups excluding carboxylic acids is 2. The molecule has 2 amide bonds. The fourth-order valence-corrected chi connectivity index (χ4v) is 2.77. The first-order chi connectivity index (χ1) is 14.4. The van der Waals surface area contributed by atoms with Gasteiger partial charge in [-0.1, -0.05) is 0 Å². The molecule has 0 saturated carbocycles. The molecule has 0 aliphatic rings. The van der Waals surface area contributed by atoms with Gasteiger partial charge in [-0.2, -0.15) is 0 Å². The molecule has 3 N–H and O–H groups in total. The topological polar surface area (TPSA) is 131 Å². The van der Waals surface area contributed by atoms with Crippen LogP contribution in [0.3, 0.4) is 0 Å². The highest BCUT2D eigenvalue weighted by Gasteiger charge is 2.18. The van der Waals surface area contributed by atoms with Crippen LogP contribution in [0.2, 0.25) is 0 Å². The molecule has 3 rings (SSSR count). The molecule has 0 fully saturated rings. The Labute approximate surface area is 173 Å². The van der Waals surface area contributed by atoms with Crippen LogP contribution in [0.4, 0.5) is 17.3 Å². The molecule has 0 aromatic carbocycles. The zero-order chi connectivity index (χ0) is 21.7. The summed E-state index contributed by atoms with van der Waals surface area (Å²) >= 11 is 0. The normalized spacial score (nSPS) is 10.3.